The van der Waals surface area contributed by atoms with Crippen molar-refractivity contribution in [3.63, 3.8) is 0 Å². The predicted octanol–water partition coefficient (Wildman–Crippen LogP) is 11.1. The molecule has 0 bridgehead atoms. The third kappa shape index (κ3) is 3.70. The normalized spacial score (nSPS) is 13.5. The van der Waals surface area contributed by atoms with Crippen LogP contribution >= 0.6 is 0 Å². The number of nitrogens with zero attached hydrogens (tertiary/aromatic N) is 3. The monoisotopic (exact) mass is 603 g/mol. The maximum atomic E-state index is 6.57. The van der Waals surface area contributed by atoms with Gasteiger partial charge in [0.05, 0.1) is 27.8 Å². The predicted molar refractivity (Wildman–Crippen MR) is 192 cm³/mol. The molecule has 3 aromatic heterocycles. The first-order valence-electron chi connectivity index (χ1n) is 16.1. The van der Waals surface area contributed by atoms with E-state index in [-0.39, 0.29) is 5.41 Å². The summed E-state index contributed by atoms with van der Waals surface area (Å²) in [5, 5.41) is 4.63. The van der Waals surface area contributed by atoms with Gasteiger partial charge in [0.1, 0.15) is 5.58 Å². The summed E-state index contributed by atoms with van der Waals surface area (Å²) >= 11 is 0. The number of para-hydroxylation sites is 3. The largest absolute Gasteiger partial charge is 0.439 e. The van der Waals surface area contributed by atoms with Crippen molar-refractivity contribution in [1.29, 1.82) is 0 Å². The summed E-state index contributed by atoms with van der Waals surface area (Å²) in [6.07, 6.45) is 0. The van der Waals surface area contributed by atoms with Gasteiger partial charge in [0.2, 0.25) is 5.71 Å². The van der Waals surface area contributed by atoms with E-state index in [4.69, 9.17) is 14.4 Å². The number of fused-ring (bicyclic) bond motifs is 8. The quantitative estimate of drug-likeness (QED) is 0.202. The fourth-order valence-electron chi connectivity index (χ4n) is 7.69. The lowest BCUT2D eigenvalue weighted by Crippen LogP contribution is -2.26. The van der Waals surface area contributed by atoms with Crippen LogP contribution in [0, 0.1) is 0 Å². The van der Waals surface area contributed by atoms with Crippen molar-refractivity contribution in [2.75, 3.05) is 0 Å². The second kappa shape index (κ2) is 9.51. The first kappa shape index (κ1) is 26.2. The van der Waals surface area contributed by atoms with Gasteiger partial charge < -0.3 is 4.42 Å². The highest BCUT2D eigenvalue weighted by atomic mass is 16.3. The molecule has 0 spiro atoms. The van der Waals surface area contributed by atoms with Gasteiger partial charge in [0.25, 0.3) is 0 Å². The van der Waals surface area contributed by atoms with Gasteiger partial charge in [-0.1, -0.05) is 123 Å². The Bertz CT molecular complexity index is 2710. The molecule has 4 nitrogen and oxygen atoms in total. The maximum absolute atomic E-state index is 6.57. The first-order chi connectivity index (χ1) is 23.1. The summed E-state index contributed by atoms with van der Waals surface area (Å²) < 4.78 is 8.92. The summed E-state index contributed by atoms with van der Waals surface area (Å²) in [5.74, 6) is 0.721. The summed E-state index contributed by atoms with van der Waals surface area (Å²) in [6, 6.07) is 49.2. The molecule has 4 heterocycles. The van der Waals surface area contributed by atoms with Crippen molar-refractivity contribution < 1.29 is 4.42 Å². The molecular weight excluding hydrogens is 574 g/mol. The van der Waals surface area contributed by atoms with Crippen molar-refractivity contribution in [2.45, 2.75) is 19.3 Å². The van der Waals surface area contributed by atoms with Crippen LogP contribution in [0.15, 0.2) is 144 Å². The SMILES string of the molecule is CC1(C)c2cc(-c3cccc(-c4nc(-c5ccccc5)c5ccccc5n4)c3)ccc2-n2c3oc4ccccc4c3c3cccc1c32. The molecule has 0 saturated carbocycles. The molecule has 47 heavy (non-hydrogen) atoms. The molecule has 0 radical (unpaired) electrons. The van der Waals surface area contributed by atoms with Crippen LogP contribution in [0.25, 0.3) is 83.3 Å². The van der Waals surface area contributed by atoms with E-state index in [1.54, 1.807) is 0 Å². The summed E-state index contributed by atoms with van der Waals surface area (Å²) in [6.45, 7) is 4.68. The molecule has 0 saturated heterocycles. The molecule has 10 rings (SSSR count). The molecule has 0 unspecified atom stereocenters. The van der Waals surface area contributed by atoms with E-state index >= 15 is 0 Å². The van der Waals surface area contributed by atoms with Crippen LogP contribution in [-0.2, 0) is 5.41 Å². The Kier molecular flexibility index (Phi) is 5.31. The van der Waals surface area contributed by atoms with Gasteiger partial charge in [-0.2, -0.15) is 0 Å². The molecule has 0 amide bonds. The molecule has 4 heteroatoms. The number of aromatic nitrogens is 3. The van der Waals surface area contributed by atoms with E-state index < -0.39 is 0 Å². The van der Waals surface area contributed by atoms with Crippen molar-refractivity contribution in [1.82, 2.24) is 14.5 Å². The number of rotatable bonds is 3. The van der Waals surface area contributed by atoms with Crippen LogP contribution < -0.4 is 0 Å². The highest BCUT2D eigenvalue weighted by Crippen LogP contribution is 2.50. The van der Waals surface area contributed by atoms with Crippen molar-refractivity contribution in [2.24, 2.45) is 0 Å². The van der Waals surface area contributed by atoms with Gasteiger partial charge in [0.15, 0.2) is 5.82 Å². The second-order valence-electron chi connectivity index (χ2n) is 13.0. The molecular formula is C43H29N3O. The molecule has 0 aliphatic carbocycles. The fraction of sp³-hybridized carbons (Fsp3) is 0.0698. The van der Waals surface area contributed by atoms with Crippen molar-refractivity contribution in [3.8, 4) is 39.5 Å². The highest BCUT2D eigenvalue weighted by molar-refractivity contribution is 6.21. The Morgan fingerprint density at radius 3 is 2.15 bits per heavy atom. The molecule has 6 aromatic carbocycles. The average Bonchev–Trinajstić information content (AvgIpc) is 3.66. The van der Waals surface area contributed by atoms with Crippen molar-refractivity contribution >= 4 is 43.9 Å². The highest BCUT2D eigenvalue weighted by Gasteiger charge is 2.36. The standard InChI is InChI=1S/C43H29N3O/c1-43(2)33-19-11-18-32-38-31-17-7-9-21-37(31)47-42(38)46(40(32)33)36-23-22-28(25-34(36)43)27-14-10-15-29(24-27)41-44-35-20-8-6-16-30(35)39(45-41)26-12-4-3-5-13-26/h3-25H,1-2H3. The summed E-state index contributed by atoms with van der Waals surface area (Å²) in [4.78, 5) is 10.2. The minimum atomic E-state index is -0.212. The van der Waals surface area contributed by atoms with Crippen LogP contribution in [0.5, 0.6) is 0 Å². The second-order valence-corrected chi connectivity index (χ2v) is 13.0. The van der Waals surface area contributed by atoms with Crippen LogP contribution in [0.3, 0.4) is 0 Å². The van der Waals surface area contributed by atoms with Gasteiger partial charge in [0, 0.05) is 32.7 Å². The topological polar surface area (TPSA) is 43.9 Å². The zero-order valence-corrected chi connectivity index (χ0v) is 26.0. The number of hydrogen-bond acceptors (Lipinski definition) is 3. The first-order valence-corrected chi connectivity index (χ1v) is 16.1. The molecule has 9 aromatic rings. The Labute approximate surface area is 271 Å². The van der Waals surface area contributed by atoms with Crippen molar-refractivity contribution in [3.05, 3.63) is 151 Å². The third-order valence-corrected chi connectivity index (χ3v) is 10.00. The van der Waals surface area contributed by atoms with E-state index in [0.717, 1.165) is 67.0 Å². The Hall–Kier alpha value is -6.00. The molecule has 0 atom stereocenters. The van der Waals surface area contributed by atoms with E-state index in [0.29, 0.717) is 0 Å². The van der Waals surface area contributed by atoms with Gasteiger partial charge in [-0.15, -0.1) is 0 Å². The molecule has 0 fully saturated rings. The molecule has 222 valence electrons. The van der Waals surface area contributed by atoms with Crippen LogP contribution in [0.1, 0.15) is 25.0 Å². The summed E-state index contributed by atoms with van der Waals surface area (Å²) in [5.41, 5.74) is 12.8. The Morgan fingerprint density at radius 2 is 1.26 bits per heavy atom. The average molecular weight is 604 g/mol. The zero-order valence-electron chi connectivity index (χ0n) is 26.0. The third-order valence-electron chi connectivity index (χ3n) is 10.00. The lowest BCUT2D eigenvalue weighted by molar-refractivity contribution is 0.612. The van der Waals surface area contributed by atoms with Crippen LogP contribution in [0.2, 0.25) is 0 Å². The molecule has 0 N–H and O–H groups in total. The summed E-state index contributed by atoms with van der Waals surface area (Å²) in [7, 11) is 0. The minimum Gasteiger partial charge on any atom is -0.439 e. The Balaban J connectivity index is 1.15. The number of benzene rings is 6. The smallest absolute Gasteiger partial charge is 0.213 e. The van der Waals surface area contributed by atoms with Gasteiger partial charge in [-0.3, -0.25) is 4.57 Å². The van der Waals surface area contributed by atoms with Crippen LogP contribution in [0.4, 0.5) is 0 Å². The lowest BCUT2D eigenvalue weighted by Gasteiger charge is -2.34. The minimum absolute atomic E-state index is 0.212. The maximum Gasteiger partial charge on any atom is 0.213 e. The fourth-order valence-corrected chi connectivity index (χ4v) is 7.69. The number of hydrogen-bond donors (Lipinski definition) is 0. The number of furan rings is 1. The Morgan fingerprint density at radius 1 is 0.553 bits per heavy atom. The van der Waals surface area contributed by atoms with Crippen LogP contribution in [-0.4, -0.2) is 14.5 Å². The van der Waals surface area contributed by atoms with Gasteiger partial charge in [-0.05, 0) is 52.6 Å². The van der Waals surface area contributed by atoms with Gasteiger partial charge in [-0.25, -0.2) is 9.97 Å². The lowest BCUT2D eigenvalue weighted by atomic mass is 9.74. The zero-order chi connectivity index (χ0) is 31.3. The van der Waals surface area contributed by atoms with E-state index in [1.807, 2.05) is 24.3 Å². The van der Waals surface area contributed by atoms with E-state index in [1.165, 1.54) is 27.4 Å². The molecule has 1 aliphatic heterocycles. The molecule has 1 aliphatic rings. The van der Waals surface area contributed by atoms with E-state index in [2.05, 4.69) is 134 Å². The van der Waals surface area contributed by atoms with E-state index in [9.17, 15) is 0 Å². The van der Waals surface area contributed by atoms with Gasteiger partial charge >= 0.3 is 0 Å².